The van der Waals surface area contributed by atoms with Crippen molar-refractivity contribution in [1.82, 2.24) is 0 Å². The van der Waals surface area contributed by atoms with Gasteiger partial charge in [-0.2, -0.15) is 0 Å². The first-order valence-electron chi connectivity index (χ1n) is 5.81. The highest BCUT2D eigenvalue weighted by molar-refractivity contribution is 7.80. The van der Waals surface area contributed by atoms with Crippen molar-refractivity contribution in [2.75, 3.05) is 12.4 Å². The van der Waals surface area contributed by atoms with Crippen molar-refractivity contribution >= 4 is 40.2 Å². The monoisotopic (exact) mass is 328 g/mol. The molecule has 2 aromatic carbocycles. The normalized spacial score (nSPS) is 10.3. The standard InChI is InChI=1S/C14H11ClF2N2OS/c1-20-12-3-2-8(6-9(12)15)19-13-10(16)4-7(14(18)21)5-11(13)17/h2-6,19H,1H3,(H2,18,21). The highest BCUT2D eigenvalue weighted by atomic mass is 35.5. The van der Waals surface area contributed by atoms with Crippen LogP contribution in [0.2, 0.25) is 5.02 Å². The Hall–Kier alpha value is -1.92. The number of halogens is 3. The molecule has 2 rings (SSSR count). The van der Waals surface area contributed by atoms with E-state index >= 15 is 0 Å². The fraction of sp³-hybridized carbons (Fsp3) is 0.0714. The van der Waals surface area contributed by atoms with E-state index in [-0.39, 0.29) is 16.2 Å². The third-order valence-corrected chi connectivity index (χ3v) is 3.28. The fourth-order valence-corrected chi connectivity index (χ4v) is 2.10. The molecule has 0 spiro atoms. The molecule has 0 atom stereocenters. The first-order valence-corrected chi connectivity index (χ1v) is 6.60. The Morgan fingerprint density at radius 3 is 2.33 bits per heavy atom. The Balaban J connectivity index is 2.35. The number of thiocarbonyl (C=S) groups is 1. The zero-order chi connectivity index (χ0) is 15.6. The van der Waals surface area contributed by atoms with Gasteiger partial charge in [0.1, 0.15) is 28.1 Å². The number of methoxy groups -OCH3 is 1. The summed E-state index contributed by atoms with van der Waals surface area (Å²) in [5, 5.41) is 2.95. The number of rotatable bonds is 4. The lowest BCUT2D eigenvalue weighted by Gasteiger charge is -2.11. The van der Waals surface area contributed by atoms with Gasteiger partial charge in [0.05, 0.1) is 12.1 Å². The smallest absolute Gasteiger partial charge is 0.150 e. The maximum absolute atomic E-state index is 13.9. The van der Waals surface area contributed by atoms with Crippen LogP contribution in [0, 0.1) is 11.6 Å². The van der Waals surface area contributed by atoms with Crippen LogP contribution in [0.5, 0.6) is 5.75 Å². The predicted octanol–water partition coefficient (Wildman–Crippen LogP) is 4.00. The van der Waals surface area contributed by atoms with Gasteiger partial charge in [-0.05, 0) is 30.3 Å². The lowest BCUT2D eigenvalue weighted by molar-refractivity contribution is 0.415. The summed E-state index contributed by atoms with van der Waals surface area (Å²) in [6.45, 7) is 0. The molecule has 0 saturated carbocycles. The molecule has 0 bridgehead atoms. The lowest BCUT2D eigenvalue weighted by Crippen LogP contribution is -2.11. The van der Waals surface area contributed by atoms with E-state index in [0.717, 1.165) is 12.1 Å². The van der Waals surface area contributed by atoms with Gasteiger partial charge in [0.25, 0.3) is 0 Å². The molecule has 0 amide bonds. The predicted molar refractivity (Wildman–Crippen MR) is 83.5 cm³/mol. The second-order valence-electron chi connectivity index (χ2n) is 4.15. The molecule has 2 aromatic rings. The summed E-state index contributed by atoms with van der Waals surface area (Å²) < 4.78 is 32.9. The maximum atomic E-state index is 13.9. The molecule has 3 nitrogen and oxygen atoms in total. The summed E-state index contributed by atoms with van der Waals surface area (Å²) in [5.74, 6) is -1.14. The molecule has 110 valence electrons. The average Bonchev–Trinajstić information content (AvgIpc) is 2.42. The number of hydrogen-bond acceptors (Lipinski definition) is 3. The molecule has 0 heterocycles. The molecular weight excluding hydrogens is 318 g/mol. The van der Waals surface area contributed by atoms with Crippen molar-refractivity contribution in [3.05, 3.63) is 52.6 Å². The molecule has 0 fully saturated rings. The van der Waals surface area contributed by atoms with Gasteiger partial charge >= 0.3 is 0 Å². The molecule has 0 aromatic heterocycles. The summed E-state index contributed by atoms with van der Waals surface area (Å²) in [4.78, 5) is -0.0770. The summed E-state index contributed by atoms with van der Waals surface area (Å²) in [7, 11) is 1.47. The van der Waals surface area contributed by atoms with Crippen molar-refractivity contribution in [1.29, 1.82) is 0 Å². The van der Waals surface area contributed by atoms with Gasteiger partial charge in [-0.1, -0.05) is 23.8 Å². The van der Waals surface area contributed by atoms with Crippen LogP contribution in [0.25, 0.3) is 0 Å². The SMILES string of the molecule is COc1ccc(Nc2c(F)cc(C(N)=S)cc2F)cc1Cl. The summed E-state index contributed by atoms with van der Waals surface area (Å²) >= 11 is 10.6. The van der Waals surface area contributed by atoms with Gasteiger partial charge in [0.15, 0.2) is 0 Å². The molecule has 0 unspecified atom stereocenters. The maximum Gasteiger partial charge on any atom is 0.150 e. The Morgan fingerprint density at radius 2 is 1.86 bits per heavy atom. The van der Waals surface area contributed by atoms with Crippen LogP contribution in [0.4, 0.5) is 20.2 Å². The number of nitrogens with one attached hydrogen (secondary N) is 1. The van der Waals surface area contributed by atoms with E-state index in [1.54, 1.807) is 12.1 Å². The quantitative estimate of drug-likeness (QED) is 0.833. The lowest BCUT2D eigenvalue weighted by atomic mass is 10.1. The minimum absolute atomic E-state index is 0.0770. The van der Waals surface area contributed by atoms with Gasteiger partial charge in [-0.25, -0.2) is 8.78 Å². The van der Waals surface area contributed by atoms with Gasteiger partial charge in [0, 0.05) is 11.3 Å². The minimum Gasteiger partial charge on any atom is -0.495 e. The number of anilines is 2. The summed E-state index contributed by atoms with van der Waals surface area (Å²) in [6, 6.07) is 6.81. The van der Waals surface area contributed by atoms with E-state index in [4.69, 9.17) is 34.3 Å². The highest BCUT2D eigenvalue weighted by Crippen LogP contribution is 2.30. The minimum atomic E-state index is -0.801. The topological polar surface area (TPSA) is 47.3 Å². The third kappa shape index (κ3) is 3.40. The Bertz CT molecular complexity index is 686. The highest BCUT2D eigenvalue weighted by Gasteiger charge is 2.13. The Labute approximate surface area is 130 Å². The van der Waals surface area contributed by atoms with Crippen LogP contribution >= 0.6 is 23.8 Å². The van der Waals surface area contributed by atoms with Gasteiger partial charge < -0.3 is 15.8 Å². The average molecular weight is 329 g/mol. The number of benzene rings is 2. The zero-order valence-corrected chi connectivity index (χ0v) is 12.5. The Morgan fingerprint density at radius 1 is 1.24 bits per heavy atom. The van der Waals surface area contributed by atoms with Crippen molar-refractivity contribution in [3.63, 3.8) is 0 Å². The summed E-state index contributed by atoms with van der Waals surface area (Å²) in [6.07, 6.45) is 0. The van der Waals surface area contributed by atoms with E-state index in [1.165, 1.54) is 13.2 Å². The van der Waals surface area contributed by atoms with Crippen LogP contribution in [0.3, 0.4) is 0 Å². The van der Waals surface area contributed by atoms with Crippen LogP contribution < -0.4 is 15.8 Å². The second-order valence-corrected chi connectivity index (χ2v) is 5.00. The fourth-order valence-electron chi connectivity index (χ4n) is 1.72. The number of hydrogen-bond donors (Lipinski definition) is 2. The van der Waals surface area contributed by atoms with Crippen molar-refractivity contribution < 1.29 is 13.5 Å². The van der Waals surface area contributed by atoms with Crippen molar-refractivity contribution in [3.8, 4) is 5.75 Å². The summed E-state index contributed by atoms with van der Waals surface area (Å²) in [5.41, 5.74) is 5.58. The molecule has 0 radical (unpaired) electrons. The van der Waals surface area contributed by atoms with Crippen molar-refractivity contribution in [2.45, 2.75) is 0 Å². The van der Waals surface area contributed by atoms with Gasteiger partial charge in [-0.3, -0.25) is 0 Å². The largest absolute Gasteiger partial charge is 0.495 e. The van der Waals surface area contributed by atoms with Crippen molar-refractivity contribution in [2.24, 2.45) is 5.73 Å². The van der Waals surface area contributed by atoms with E-state index in [9.17, 15) is 8.78 Å². The molecule has 0 saturated heterocycles. The third-order valence-electron chi connectivity index (χ3n) is 2.75. The second kappa shape index (κ2) is 6.24. The number of nitrogens with two attached hydrogens (primary N) is 1. The molecule has 0 aliphatic rings. The van der Waals surface area contributed by atoms with Crippen LogP contribution in [-0.4, -0.2) is 12.1 Å². The Kier molecular flexibility index (Phi) is 4.59. The van der Waals surface area contributed by atoms with E-state index in [0.29, 0.717) is 16.5 Å². The molecule has 0 aliphatic carbocycles. The van der Waals surface area contributed by atoms with Crippen LogP contribution in [-0.2, 0) is 0 Å². The van der Waals surface area contributed by atoms with Crippen LogP contribution in [0.1, 0.15) is 5.56 Å². The zero-order valence-electron chi connectivity index (χ0n) is 10.9. The van der Waals surface area contributed by atoms with E-state index in [1.807, 2.05) is 0 Å². The van der Waals surface area contributed by atoms with E-state index in [2.05, 4.69) is 5.32 Å². The van der Waals surface area contributed by atoms with Gasteiger partial charge in [0.2, 0.25) is 0 Å². The molecule has 0 aliphatic heterocycles. The first kappa shape index (κ1) is 15.5. The first-order chi connectivity index (χ1) is 9.92. The van der Waals surface area contributed by atoms with Crippen LogP contribution in [0.15, 0.2) is 30.3 Å². The van der Waals surface area contributed by atoms with E-state index < -0.39 is 11.6 Å². The van der Waals surface area contributed by atoms with Gasteiger partial charge in [-0.15, -0.1) is 0 Å². The molecular formula is C14H11ClF2N2OS. The molecule has 21 heavy (non-hydrogen) atoms. The molecule has 7 heteroatoms. The number of ether oxygens (including phenoxy) is 1. The molecule has 3 N–H and O–H groups in total.